The fraction of sp³-hybridized carbons (Fsp3) is 0.0909. The van der Waals surface area contributed by atoms with Gasteiger partial charge in [0.05, 0.1) is 13.5 Å². The maximum Gasteiger partial charge on any atom is 0.229 e. The van der Waals surface area contributed by atoms with Crippen molar-refractivity contribution in [1.29, 1.82) is 0 Å². The number of fused-ring (bicyclic) bond motifs is 1. The quantitative estimate of drug-likeness (QED) is 0.583. The van der Waals surface area contributed by atoms with Gasteiger partial charge in [-0.2, -0.15) is 0 Å². The normalized spacial score (nSPS) is 10.7. The van der Waals surface area contributed by atoms with E-state index in [4.69, 9.17) is 9.72 Å². The molecule has 4 aromatic rings. The van der Waals surface area contributed by atoms with Crippen LogP contribution in [0.2, 0.25) is 0 Å². The molecule has 0 saturated carbocycles. The lowest BCUT2D eigenvalue weighted by atomic mass is 10.1. The van der Waals surface area contributed by atoms with Crippen molar-refractivity contribution >= 4 is 17.4 Å². The van der Waals surface area contributed by atoms with Crippen LogP contribution < -0.4 is 10.1 Å². The third-order valence-corrected chi connectivity index (χ3v) is 4.36. The summed E-state index contributed by atoms with van der Waals surface area (Å²) in [7, 11) is 1.62. The standard InChI is InChI=1S/C22H19N3O2/c1-27-18-12-10-16(11-13-18)15-20(26)24-22-21(17-7-3-2-4-8-17)23-19-9-5-6-14-25(19)22/h2-14H,15H2,1H3,(H,24,26). The molecule has 27 heavy (non-hydrogen) atoms. The van der Waals surface area contributed by atoms with Crippen LogP contribution in [-0.2, 0) is 11.2 Å². The van der Waals surface area contributed by atoms with Crippen LogP contribution in [0.5, 0.6) is 5.75 Å². The van der Waals surface area contributed by atoms with E-state index in [-0.39, 0.29) is 12.3 Å². The van der Waals surface area contributed by atoms with Gasteiger partial charge in [-0.15, -0.1) is 0 Å². The first kappa shape index (κ1) is 16.8. The van der Waals surface area contributed by atoms with Crippen LogP contribution in [0.4, 0.5) is 5.82 Å². The van der Waals surface area contributed by atoms with Crippen LogP contribution in [0, 0.1) is 0 Å². The molecule has 2 heterocycles. The van der Waals surface area contributed by atoms with E-state index in [0.29, 0.717) is 5.82 Å². The summed E-state index contributed by atoms with van der Waals surface area (Å²) in [6.07, 6.45) is 2.18. The van der Waals surface area contributed by atoms with E-state index < -0.39 is 0 Å². The van der Waals surface area contributed by atoms with E-state index in [1.807, 2.05) is 83.4 Å². The Balaban J connectivity index is 1.65. The molecule has 4 rings (SSSR count). The number of nitrogens with one attached hydrogen (secondary N) is 1. The minimum absolute atomic E-state index is 0.0944. The van der Waals surface area contributed by atoms with Gasteiger partial charge in [0.15, 0.2) is 0 Å². The summed E-state index contributed by atoms with van der Waals surface area (Å²) in [5.41, 5.74) is 3.42. The first-order valence-electron chi connectivity index (χ1n) is 8.70. The minimum atomic E-state index is -0.0944. The highest BCUT2D eigenvalue weighted by Crippen LogP contribution is 2.28. The summed E-state index contributed by atoms with van der Waals surface area (Å²) >= 11 is 0. The van der Waals surface area contributed by atoms with Crippen LogP contribution >= 0.6 is 0 Å². The van der Waals surface area contributed by atoms with E-state index in [0.717, 1.165) is 28.2 Å². The summed E-state index contributed by atoms with van der Waals surface area (Å²) in [5.74, 6) is 1.35. The summed E-state index contributed by atoms with van der Waals surface area (Å²) < 4.78 is 7.06. The van der Waals surface area contributed by atoms with Crippen LogP contribution in [-0.4, -0.2) is 22.4 Å². The second kappa shape index (κ2) is 7.33. The number of aromatic nitrogens is 2. The predicted molar refractivity (Wildman–Crippen MR) is 106 cm³/mol. The molecule has 134 valence electrons. The molecule has 1 N–H and O–H groups in total. The molecule has 0 aliphatic rings. The second-order valence-corrected chi connectivity index (χ2v) is 6.18. The van der Waals surface area contributed by atoms with Gasteiger partial charge in [-0.05, 0) is 29.8 Å². The molecule has 0 spiro atoms. The van der Waals surface area contributed by atoms with Crippen molar-refractivity contribution in [3.63, 3.8) is 0 Å². The lowest BCUT2D eigenvalue weighted by molar-refractivity contribution is -0.115. The third-order valence-electron chi connectivity index (χ3n) is 4.36. The van der Waals surface area contributed by atoms with E-state index in [1.54, 1.807) is 7.11 Å². The third kappa shape index (κ3) is 3.53. The Hall–Kier alpha value is -3.60. The number of amides is 1. The molecule has 2 aromatic carbocycles. The number of benzene rings is 2. The van der Waals surface area contributed by atoms with Crippen LogP contribution in [0.15, 0.2) is 79.0 Å². The molecule has 0 atom stereocenters. The van der Waals surface area contributed by atoms with Crippen LogP contribution in [0.25, 0.3) is 16.9 Å². The first-order chi connectivity index (χ1) is 13.2. The Morgan fingerprint density at radius 1 is 1.00 bits per heavy atom. The molecule has 2 aromatic heterocycles. The van der Waals surface area contributed by atoms with Crippen molar-refractivity contribution in [2.45, 2.75) is 6.42 Å². The van der Waals surface area contributed by atoms with Crippen molar-refractivity contribution in [1.82, 2.24) is 9.38 Å². The lowest BCUT2D eigenvalue weighted by Crippen LogP contribution is -2.16. The highest BCUT2D eigenvalue weighted by atomic mass is 16.5. The van der Waals surface area contributed by atoms with Gasteiger partial charge in [0.25, 0.3) is 0 Å². The molecule has 5 nitrogen and oxygen atoms in total. The van der Waals surface area contributed by atoms with Gasteiger partial charge in [0.2, 0.25) is 5.91 Å². The van der Waals surface area contributed by atoms with Crippen molar-refractivity contribution < 1.29 is 9.53 Å². The van der Waals surface area contributed by atoms with E-state index in [1.165, 1.54) is 0 Å². The van der Waals surface area contributed by atoms with Crippen LogP contribution in [0.3, 0.4) is 0 Å². The highest BCUT2D eigenvalue weighted by molar-refractivity contribution is 5.95. The van der Waals surface area contributed by atoms with Crippen LogP contribution in [0.1, 0.15) is 5.56 Å². The second-order valence-electron chi connectivity index (χ2n) is 6.18. The summed E-state index contributed by atoms with van der Waals surface area (Å²) in [5, 5.41) is 3.04. The Morgan fingerprint density at radius 2 is 1.74 bits per heavy atom. The molecule has 1 amide bonds. The average Bonchev–Trinajstić information content (AvgIpc) is 3.08. The Labute approximate surface area is 157 Å². The molecule has 5 heteroatoms. The highest BCUT2D eigenvalue weighted by Gasteiger charge is 2.16. The molecule has 0 fully saturated rings. The van der Waals surface area contributed by atoms with Crippen molar-refractivity contribution in [3.05, 3.63) is 84.6 Å². The maximum absolute atomic E-state index is 12.7. The fourth-order valence-corrected chi connectivity index (χ4v) is 3.02. The van der Waals surface area contributed by atoms with E-state index >= 15 is 0 Å². The molecule has 0 aliphatic carbocycles. The van der Waals surface area contributed by atoms with Gasteiger partial charge in [0.1, 0.15) is 22.9 Å². The summed E-state index contributed by atoms with van der Waals surface area (Å²) in [4.78, 5) is 17.4. The largest absolute Gasteiger partial charge is 0.497 e. The number of hydrogen-bond acceptors (Lipinski definition) is 3. The molecule has 0 saturated heterocycles. The summed E-state index contributed by atoms with van der Waals surface area (Å²) in [6.45, 7) is 0. The molecular formula is C22H19N3O2. The Kier molecular flexibility index (Phi) is 4.58. The zero-order valence-corrected chi connectivity index (χ0v) is 14.9. The average molecular weight is 357 g/mol. The first-order valence-corrected chi connectivity index (χ1v) is 8.70. The molecular weight excluding hydrogens is 338 g/mol. The zero-order valence-electron chi connectivity index (χ0n) is 14.9. The smallest absolute Gasteiger partial charge is 0.229 e. The molecule has 0 aliphatic heterocycles. The number of pyridine rings is 1. The monoisotopic (exact) mass is 357 g/mol. The van der Waals surface area contributed by atoms with Crippen molar-refractivity contribution in [2.24, 2.45) is 0 Å². The number of methoxy groups -OCH3 is 1. The van der Waals surface area contributed by atoms with Crippen molar-refractivity contribution in [3.8, 4) is 17.0 Å². The number of carbonyl (C=O) groups is 1. The van der Waals surface area contributed by atoms with E-state index in [2.05, 4.69) is 5.32 Å². The van der Waals surface area contributed by atoms with Crippen molar-refractivity contribution in [2.75, 3.05) is 12.4 Å². The van der Waals surface area contributed by atoms with Gasteiger partial charge in [-0.25, -0.2) is 4.98 Å². The number of hydrogen-bond donors (Lipinski definition) is 1. The Bertz CT molecular complexity index is 1070. The number of ether oxygens (including phenoxy) is 1. The number of anilines is 1. The maximum atomic E-state index is 12.7. The van der Waals surface area contributed by atoms with Gasteiger partial charge in [0, 0.05) is 11.8 Å². The number of rotatable bonds is 5. The van der Waals surface area contributed by atoms with Gasteiger partial charge < -0.3 is 10.1 Å². The van der Waals surface area contributed by atoms with Gasteiger partial charge in [-0.3, -0.25) is 9.20 Å². The zero-order chi connectivity index (χ0) is 18.6. The molecule has 0 unspecified atom stereocenters. The Morgan fingerprint density at radius 3 is 2.48 bits per heavy atom. The van der Waals surface area contributed by atoms with E-state index in [9.17, 15) is 4.79 Å². The lowest BCUT2D eigenvalue weighted by Gasteiger charge is -2.08. The molecule has 0 radical (unpaired) electrons. The molecule has 0 bridgehead atoms. The predicted octanol–water partition coefficient (Wildman–Crippen LogP) is 4.19. The van der Waals surface area contributed by atoms with Gasteiger partial charge >= 0.3 is 0 Å². The van der Waals surface area contributed by atoms with Gasteiger partial charge in [-0.1, -0.05) is 48.5 Å². The minimum Gasteiger partial charge on any atom is -0.497 e. The number of carbonyl (C=O) groups excluding carboxylic acids is 1. The summed E-state index contributed by atoms with van der Waals surface area (Å²) in [6, 6.07) is 23.1. The fourth-order valence-electron chi connectivity index (χ4n) is 3.02. The topological polar surface area (TPSA) is 55.6 Å². The number of nitrogens with zero attached hydrogens (tertiary/aromatic N) is 2. The SMILES string of the molecule is COc1ccc(CC(=O)Nc2c(-c3ccccc3)nc3ccccn23)cc1. The number of imidazole rings is 1.